The molecule has 0 amide bonds. The maximum atomic E-state index is 12.9. The van der Waals surface area contributed by atoms with Crippen LogP contribution in [0.3, 0.4) is 0 Å². The zero-order valence-corrected chi connectivity index (χ0v) is 36.5. The van der Waals surface area contributed by atoms with Crippen molar-refractivity contribution in [2.45, 2.75) is 234 Å². The molecule has 0 aromatic heterocycles. The molecule has 3 atom stereocenters. The van der Waals surface area contributed by atoms with Crippen molar-refractivity contribution in [3.63, 3.8) is 0 Å². The Morgan fingerprint density at radius 3 is 1.53 bits per heavy atom. The molecule has 0 fully saturated rings. The molecule has 0 heterocycles. The fourth-order valence-electron chi connectivity index (χ4n) is 7.06. The molecule has 0 aliphatic rings. The lowest BCUT2D eigenvalue weighted by Crippen LogP contribution is -2.25. The monoisotopic (exact) mass is 754 g/mol. The predicted molar refractivity (Wildman–Crippen MR) is 225 cm³/mol. The molecule has 0 radical (unpaired) electrons. The van der Waals surface area contributed by atoms with Crippen molar-refractivity contribution in [2.24, 2.45) is 11.8 Å². The maximum absolute atomic E-state index is 12.9. The first kappa shape index (κ1) is 51.8. The molecule has 0 aliphatic carbocycles. The minimum atomic E-state index is -0.557. The van der Waals surface area contributed by atoms with Gasteiger partial charge in [-0.05, 0) is 89.1 Å². The van der Waals surface area contributed by atoms with Gasteiger partial charge in [0.1, 0.15) is 11.9 Å². The lowest BCUT2D eigenvalue weighted by atomic mass is 10.00. The number of carbonyl (C=O) groups is 2. The van der Waals surface area contributed by atoms with E-state index in [9.17, 15) is 9.59 Å². The van der Waals surface area contributed by atoms with E-state index >= 15 is 0 Å². The molecule has 0 aliphatic heterocycles. The zero-order chi connectivity index (χ0) is 39.2. The van der Waals surface area contributed by atoms with E-state index in [2.05, 4.69) is 53.4 Å². The zero-order valence-electron chi connectivity index (χ0n) is 36.5. The minimum Gasteiger partial charge on any atom is -0.434 e. The normalized spacial score (nSPS) is 14.0. The van der Waals surface area contributed by atoms with Crippen molar-refractivity contribution in [1.82, 2.24) is 4.90 Å². The van der Waals surface area contributed by atoms with Crippen LogP contribution in [0.5, 0.6) is 0 Å². The molecule has 0 rings (SSSR count). The molecule has 0 spiro atoms. The summed E-state index contributed by atoms with van der Waals surface area (Å²) in [5.74, 6) is 1.47. The van der Waals surface area contributed by atoms with Gasteiger partial charge in [0, 0.05) is 19.4 Å². The summed E-state index contributed by atoms with van der Waals surface area (Å²) in [5.41, 5.74) is 0. The number of unbranched alkanes of at least 4 members (excludes halogenated alkanes) is 12. The minimum absolute atomic E-state index is 0.183. The van der Waals surface area contributed by atoms with Gasteiger partial charge < -0.3 is 23.8 Å². The molecule has 0 N–H and O–H groups in total. The number of hydrogen-bond donors (Lipinski definition) is 0. The molecule has 0 bridgehead atoms. The maximum Gasteiger partial charge on any atom is 0.508 e. The fourth-order valence-corrected chi connectivity index (χ4v) is 7.06. The Labute approximate surface area is 330 Å². The second-order valence-corrected chi connectivity index (χ2v) is 15.8. The Balaban J connectivity index is 4.78. The third kappa shape index (κ3) is 32.7. The highest BCUT2D eigenvalue weighted by atomic mass is 16.7. The summed E-state index contributed by atoms with van der Waals surface area (Å²) in [6.45, 7) is 20.4. The summed E-state index contributed by atoms with van der Waals surface area (Å²) in [5, 5.41) is 0. The van der Waals surface area contributed by atoms with E-state index in [0.717, 1.165) is 97.1 Å². The number of carbonyl (C=O) groups excluding carboxylic acids is 2. The Morgan fingerprint density at radius 2 is 1.00 bits per heavy atom. The molecule has 316 valence electrons. The summed E-state index contributed by atoms with van der Waals surface area (Å²) in [7, 11) is 0. The van der Waals surface area contributed by atoms with E-state index < -0.39 is 6.16 Å². The SMILES string of the molecule is CCCCCCCCCCCCC(CCCC(=O)CCCCC(OCC(CC)CCCC)OCC(CC)CCCC)OC(=O)OCCCN(CC)CC. The summed E-state index contributed by atoms with van der Waals surface area (Å²) in [6, 6.07) is 0. The van der Waals surface area contributed by atoms with Gasteiger partial charge in [-0.1, -0.05) is 145 Å². The van der Waals surface area contributed by atoms with E-state index in [1.807, 2.05) is 0 Å². The molecule has 7 heteroatoms. The van der Waals surface area contributed by atoms with Crippen molar-refractivity contribution in [1.29, 1.82) is 0 Å². The van der Waals surface area contributed by atoms with Gasteiger partial charge in [0.2, 0.25) is 0 Å². The van der Waals surface area contributed by atoms with E-state index in [1.54, 1.807) is 0 Å². The van der Waals surface area contributed by atoms with Crippen molar-refractivity contribution in [2.75, 3.05) is 39.5 Å². The lowest BCUT2D eigenvalue weighted by molar-refractivity contribution is -0.162. The lowest BCUT2D eigenvalue weighted by Gasteiger charge is -2.24. The summed E-state index contributed by atoms with van der Waals surface area (Å²) in [6.07, 6.45) is 28.4. The topological polar surface area (TPSA) is 74.3 Å². The number of Topliss-reactive ketones (excluding diaryl/α,β-unsaturated/α-hetero) is 1. The van der Waals surface area contributed by atoms with Crippen LogP contribution in [-0.2, 0) is 23.7 Å². The number of hydrogen-bond acceptors (Lipinski definition) is 7. The number of nitrogens with zero attached hydrogens (tertiary/aromatic N) is 1. The molecule has 7 nitrogen and oxygen atoms in total. The molecule has 0 saturated heterocycles. The molecule has 3 unspecified atom stereocenters. The van der Waals surface area contributed by atoms with Crippen LogP contribution in [0.4, 0.5) is 4.79 Å². The first-order chi connectivity index (χ1) is 25.9. The standard InChI is InChI=1S/C46H91NO6/c1-8-15-18-19-20-21-22-23-24-25-34-44(53-46(49)50-38-29-37-47(13-6)14-7)35-28-33-43(48)32-26-27-36-45(51-39-41(11-4)30-16-9-2)52-40-42(12-5)31-17-10-3/h41-42,44-45H,8-40H2,1-7H3. The van der Waals surface area contributed by atoms with Gasteiger partial charge in [0.25, 0.3) is 0 Å². The summed E-state index contributed by atoms with van der Waals surface area (Å²) < 4.78 is 24.1. The van der Waals surface area contributed by atoms with Crippen LogP contribution in [0, 0.1) is 11.8 Å². The number of rotatable bonds is 41. The van der Waals surface area contributed by atoms with Crippen LogP contribution < -0.4 is 0 Å². The molecule has 53 heavy (non-hydrogen) atoms. The number of ketones is 1. The first-order valence-electron chi connectivity index (χ1n) is 23.2. The summed E-state index contributed by atoms with van der Waals surface area (Å²) in [4.78, 5) is 27.8. The van der Waals surface area contributed by atoms with Crippen LogP contribution in [0.1, 0.15) is 222 Å². The molecule has 0 aromatic rings. The molecule has 0 saturated carbocycles. The van der Waals surface area contributed by atoms with Crippen LogP contribution in [-0.4, -0.2) is 68.7 Å². The van der Waals surface area contributed by atoms with Crippen molar-refractivity contribution >= 4 is 11.9 Å². The third-order valence-electron chi connectivity index (χ3n) is 11.1. The van der Waals surface area contributed by atoms with Crippen LogP contribution in [0.15, 0.2) is 0 Å². The predicted octanol–water partition coefficient (Wildman–Crippen LogP) is 13.6. The highest BCUT2D eigenvalue weighted by Crippen LogP contribution is 2.21. The highest BCUT2D eigenvalue weighted by molar-refractivity contribution is 5.78. The van der Waals surface area contributed by atoms with Crippen molar-refractivity contribution in [3.8, 4) is 0 Å². The van der Waals surface area contributed by atoms with E-state index in [-0.39, 0.29) is 12.4 Å². The van der Waals surface area contributed by atoms with Gasteiger partial charge in [-0.2, -0.15) is 0 Å². The van der Waals surface area contributed by atoms with Gasteiger partial charge >= 0.3 is 6.16 Å². The van der Waals surface area contributed by atoms with E-state index in [1.165, 1.54) is 89.9 Å². The van der Waals surface area contributed by atoms with Crippen molar-refractivity contribution in [3.05, 3.63) is 0 Å². The van der Waals surface area contributed by atoms with Gasteiger partial charge in [-0.25, -0.2) is 4.79 Å². The average molecular weight is 754 g/mol. The Kier molecular flexibility index (Phi) is 38.2. The Morgan fingerprint density at radius 1 is 0.509 bits per heavy atom. The number of ether oxygens (including phenoxy) is 4. The third-order valence-corrected chi connectivity index (χ3v) is 11.1. The largest absolute Gasteiger partial charge is 0.508 e. The van der Waals surface area contributed by atoms with Gasteiger partial charge in [0.05, 0.1) is 19.8 Å². The molecular formula is C46H91NO6. The van der Waals surface area contributed by atoms with Gasteiger partial charge in [0.15, 0.2) is 6.29 Å². The molecule has 0 aromatic carbocycles. The smallest absolute Gasteiger partial charge is 0.434 e. The van der Waals surface area contributed by atoms with Gasteiger partial charge in [-0.15, -0.1) is 0 Å². The van der Waals surface area contributed by atoms with Gasteiger partial charge in [-0.3, -0.25) is 4.79 Å². The fraction of sp³-hybridized carbons (Fsp3) is 0.957. The Bertz CT molecular complexity index is 770. The second kappa shape index (κ2) is 39.1. The van der Waals surface area contributed by atoms with Crippen LogP contribution >= 0.6 is 0 Å². The highest BCUT2D eigenvalue weighted by Gasteiger charge is 2.18. The van der Waals surface area contributed by atoms with E-state index in [0.29, 0.717) is 43.5 Å². The Hall–Kier alpha value is -1.18. The van der Waals surface area contributed by atoms with E-state index in [4.69, 9.17) is 18.9 Å². The van der Waals surface area contributed by atoms with Crippen LogP contribution in [0.25, 0.3) is 0 Å². The van der Waals surface area contributed by atoms with Crippen molar-refractivity contribution < 1.29 is 28.5 Å². The average Bonchev–Trinajstić information content (AvgIpc) is 3.16. The first-order valence-corrected chi connectivity index (χ1v) is 23.2. The van der Waals surface area contributed by atoms with Crippen LogP contribution in [0.2, 0.25) is 0 Å². The quantitative estimate of drug-likeness (QED) is 0.0349. The second-order valence-electron chi connectivity index (χ2n) is 15.8. The molecular weight excluding hydrogens is 663 g/mol. The summed E-state index contributed by atoms with van der Waals surface area (Å²) >= 11 is 0.